The Morgan fingerprint density at radius 2 is 1.60 bits per heavy atom. The van der Waals surface area contributed by atoms with E-state index in [-0.39, 0.29) is 30.6 Å². The Kier molecular flexibility index (Phi) is 8.59. The zero-order valence-corrected chi connectivity index (χ0v) is 12.7. The van der Waals surface area contributed by atoms with E-state index in [4.69, 9.17) is 5.73 Å². The summed E-state index contributed by atoms with van der Waals surface area (Å²) in [6.07, 6.45) is 1.58. The number of carbonyl (C=O) groups excluding carboxylic acids is 2. The van der Waals surface area contributed by atoms with Crippen LogP contribution in [0.5, 0.6) is 0 Å². The van der Waals surface area contributed by atoms with Crippen LogP contribution in [0.2, 0.25) is 0 Å². The highest BCUT2D eigenvalue weighted by molar-refractivity contribution is 5.95. The van der Waals surface area contributed by atoms with Crippen LogP contribution in [-0.4, -0.2) is 18.4 Å². The monoisotopic (exact) mass is 299 g/mol. The van der Waals surface area contributed by atoms with Gasteiger partial charge < -0.3 is 16.4 Å². The van der Waals surface area contributed by atoms with Crippen molar-refractivity contribution in [1.29, 1.82) is 0 Å². The highest BCUT2D eigenvalue weighted by Gasteiger charge is 2.09. The lowest BCUT2D eigenvalue weighted by molar-refractivity contribution is -0.116. The molecule has 0 heterocycles. The van der Waals surface area contributed by atoms with Crippen LogP contribution < -0.4 is 16.4 Å². The van der Waals surface area contributed by atoms with E-state index in [1.54, 1.807) is 12.1 Å². The number of nitrogens with two attached hydrogens (primary N) is 1. The van der Waals surface area contributed by atoms with Crippen LogP contribution >= 0.6 is 12.4 Å². The van der Waals surface area contributed by atoms with Crippen molar-refractivity contribution in [2.45, 2.75) is 33.1 Å². The first-order valence-electron chi connectivity index (χ1n) is 6.47. The Morgan fingerprint density at radius 3 is 2.05 bits per heavy atom. The standard InChI is InChI=1S/C14H21N3O2.ClH/c1-3-5-13(18)16-11-6-4-7-12(10(11)2)17-14(19)8-9-15;/h4,6-7H,3,5,8-9,15H2,1-2H3,(H,16,18)(H,17,19);1H. The van der Waals surface area contributed by atoms with Crippen LogP contribution in [0, 0.1) is 6.92 Å². The molecule has 0 aliphatic carbocycles. The number of nitrogens with one attached hydrogen (secondary N) is 2. The molecule has 0 saturated heterocycles. The summed E-state index contributed by atoms with van der Waals surface area (Å²) < 4.78 is 0. The van der Waals surface area contributed by atoms with E-state index < -0.39 is 0 Å². The van der Waals surface area contributed by atoms with Gasteiger partial charge in [0.05, 0.1) is 0 Å². The topological polar surface area (TPSA) is 84.2 Å². The Hall–Kier alpha value is -1.59. The fourth-order valence-electron chi connectivity index (χ4n) is 1.69. The summed E-state index contributed by atoms with van der Waals surface area (Å²) in [5, 5.41) is 5.63. The number of benzene rings is 1. The minimum Gasteiger partial charge on any atom is -0.330 e. The summed E-state index contributed by atoms with van der Waals surface area (Å²) >= 11 is 0. The van der Waals surface area contributed by atoms with Crippen molar-refractivity contribution >= 4 is 35.6 Å². The zero-order valence-electron chi connectivity index (χ0n) is 11.9. The number of anilines is 2. The maximum Gasteiger partial charge on any atom is 0.225 e. The third-order valence-electron chi connectivity index (χ3n) is 2.73. The fourth-order valence-corrected chi connectivity index (χ4v) is 1.69. The second kappa shape index (κ2) is 9.34. The van der Waals surface area contributed by atoms with Crippen LogP contribution in [0.15, 0.2) is 18.2 Å². The fraction of sp³-hybridized carbons (Fsp3) is 0.429. The van der Waals surface area contributed by atoms with Gasteiger partial charge in [-0.2, -0.15) is 0 Å². The van der Waals surface area contributed by atoms with Crippen molar-refractivity contribution in [2.75, 3.05) is 17.2 Å². The molecule has 20 heavy (non-hydrogen) atoms. The van der Waals surface area contributed by atoms with Crippen LogP contribution in [0.1, 0.15) is 31.7 Å². The lowest BCUT2D eigenvalue weighted by atomic mass is 10.1. The Bertz CT molecular complexity index is 425. The van der Waals surface area contributed by atoms with Gasteiger partial charge in [-0.15, -0.1) is 12.4 Å². The van der Waals surface area contributed by atoms with Crippen molar-refractivity contribution in [2.24, 2.45) is 5.73 Å². The predicted molar refractivity (Wildman–Crippen MR) is 84.3 cm³/mol. The number of halogens is 1. The number of amides is 2. The summed E-state index contributed by atoms with van der Waals surface area (Å²) in [7, 11) is 0. The number of hydrogen-bond donors (Lipinski definition) is 3. The highest BCUT2D eigenvalue weighted by atomic mass is 35.5. The maximum absolute atomic E-state index is 11.6. The van der Waals surface area contributed by atoms with Gasteiger partial charge in [-0.1, -0.05) is 13.0 Å². The molecular formula is C14H22ClN3O2. The van der Waals surface area contributed by atoms with Crippen molar-refractivity contribution in [3.8, 4) is 0 Å². The number of rotatable bonds is 6. The highest BCUT2D eigenvalue weighted by Crippen LogP contribution is 2.23. The summed E-state index contributed by atoms with van der Waals surface area (Å²) in [4.78, 5) is 23.1. The van der Waals surface area contributed by atoms with Gasteiger partial charge in [-0.3, -0.25) is 9.59 Å². The maximum atomic E-state index is 11.6. The third-order valence-corrected chi connectivity index (χ3v) is 2.73. The largest absolute Gasteiger partial charge is 0.330 e. The molecule has 0 unspecified atom stereocenters. The van der Waals surface area contributed by atoms with Crippen molar-refractivity contribution in [3.05, 3.63) is 23.8 Å². The normalized spacial score (nSPS) is 9.55. The number of hydrogen-bond acceptors (Lipinski definition) is 3. The molecule has 112 valence electrons. The molecule has 4 N–H and O–H groups in total. The first-order chi connectivity index (χ1) is 9.08. The zero-order chi connectivity index (χ0) is 14.3. The Morgan fingerprint density at radius 1 is 1.10 bits per heavy atom. The van der Waals surface area contributed by atoms with Gasteiger partial charge in [-0.05, 0) is 31.0 Å². The third kappa shape index (κ3) is 5.59. The van der Waals surface area contributed by atoms with E-state index in [0.717, 1.165) is 17.7 Å². The molecule has 0 bridgehead atoms. The van der Waals surface area contributed by atoms with Gasteiger partial charge in [0.2, 0.25) is 11.8 Å². The summed E-state index contributed by atoms with van der Waals surface area (Å²) in [6, 6.07) is 5.42. The van der Waals surface area contributed by atoms with Crippen molar-refractivity contribution in [1.82, 2.24) is 0 Å². The van der Waals surface area contributed by atoms with Crippen LogP contribution in [-0.2, 0) is 9.59 Å². The smallest absolute Gasteiger partial charge is 0.225 e. The van der Waals surface area contributed by atoms with Gasteiger partial charge in [0, 0.05) is 30.8 Å². The van der Waals surface area contributed by atoms with E-state index in [1.807, 2.05) is 19.9 Å². The van der Waals surface area contributed by atoms with Crippen LogP contribution in [0.3, 0.4) is 0 Å². The minimum atomic E-state index is -0.123. The minimum absolute atomic E-state index is 0. The van der Waals surface area contributed by atoms with Gasteiger partial charge in [0.25, 0.3) is 0 Å². The van der Waals surface area contributed by atoms with Gasteiger partial charge in [0.1, 0.15) is 0 Å². The molecule has 1 rings (SSSR count). The quantitative estimate of drug-likeness (QED) is 0.754. The molecule has 6 heteroatoms. The van der Waals surface area contributed by atoms with Gasteiger partial charge in [0.15, 0.2) is 0 Å². The SMILES string of the molecule is CCCC(=O)Nc1cccc(NC(=O)CCN)c1C.Cl. The molecule has 0 atom stereocenters. The Balaban J connectivity index is 0.00000361. The average molecular weight is 300 g/mol. The average Bonchev–Trinajstić information content (AvgIpc) is 2.35. The molecule has 0 aromatic heterocycles. The van der Waals surface area contributed by atoms with Crippen LogP contribution in [0.25, 0.3) is 0 Å². The molecule has 1 aromatic carbocycles. The molecule has 5 nitrogen and oxygen atoms in total. The van der Waals surface area contributed by atoms with Crippen LogP contribution in [0.4, 0.5) is 11.4 Å². The van der Waals surface area contributed by atoms with E-state index >= 15 is 0 Å². The van der Waals surface area contributed by atoms with Crippen molar-refractivity contribution < 1.29 is 9.59 Å². The van der Waals surface area contributed by atoms with E-state index in [0.29, 0.717) is 18.7 Å². The molecule has 0 saturated carbocycles. The molecule has 0 fully saturated rings. The molecule has 2 amide bonds. The van der Waals surface area contributed by atoms with E-state index in [9.17, 15) is 9.59 Å². The summed E-state index contributed by atoms with van der Waals surface area (Å²) in [5.41, 5.74) is 7.60. The first-order valence-corrected chi connectivity index (χ1v) is 6.47. The molecule has 0 aliphatic rings. The van der Waals surface area contributed by atoms with Gasteiger partial charge >= 0.3 is 0 Å². The predicted octanol–water partition coefficient (Wildman–Crippen LogP) is 2.44. The van der Waals surface area contributed by atoms with E-state index in [1.165, 1.54) is 0 Å². The second-order valence-corrected chi connectivity index (χ2v) is 4.36. The molecule has 0 aliphatic heterocycles. The molecule has 0 spiro atoms. The van der Waals surface area contributed by atoms with E-state index in [2.05, 4.69) is 10.6 Å². The Labute approximate surface area is 125 Å². The molecule has 0 radical (unpaired) electrons. The second-order valence-electron chi connectivity index (χ2n) is 4.36. The lowest BCUT2D eigenvalue weighted by Crippen LogP contribution is -2.17. The van der Waals surface area contributed by atoms with Gasteiger partial charge in [-0.25, -0.2) is 0 Å². The summed E-state index contributed by atoms with van der Waals surface area (Å²) in [6.45, 7) is 4.13. The number of carbonyl (C=O) groups is 2. The molecular weight excluding hydrogens is 278 g/mol. The first kappa shape index (κ1) is 18.4. The summed E-state index contributed by atoms with van der Waals surface area (Å²) in [5.74, 6) is -0.140. The molecule has 1 aromatic rings. The van der Waals surface area contributed by atoms with Crippen molar-refractivity contribution in [3.63, 3.8) is 0 Å². The lowest BCUT2D eigenvalue weighted by Gasteiger charge is -2.13.